The van der Waals surface area contributed by atoms with E-state index in [1.807, 2.05) is 13.8 Å². The van der Waals surface area contributed by atoms with Crippen LogP contribution in [0.2, 0.25) is 0 Å². The molecule has 30 heavy (non-hydrogen) atoms. The standard InChI is InChI=1S/C21H34N6O3/c1-4-6-13-27-18(23)17(19(29)24-20(27)30)26(12-5-2)14-16(28)25(3)21(15-22)10-8-7-9-11-21/h4-14,23H2,1-3H3,(H,24,29,30). The molecule has 2 rings (SSSR count). The fourth-order valence-electron chi connectivity index (χ4n) is 4.13. The Kier molecular flexibility index (Phi) is 8.09. The van der Waals surface area contributed by atoms with Gasteiger partial charge in [0.05, 0.1) is 12.6 Å². The lowest BCUT2D eigenvalue weighted by Crippen LogP contribution is -2.53. The predicted molar refractivity (Wildman–Crippen MR) is 117 cm³/mol. The zero-order chi connectivity index (χ0) is 22.3. The van der Waals surface area contributed by atoms with Gasteiger partial charge in [-0.05, 0) is 25.7 Å². The summed E-state index contributed by atoms with van der Waals surface area (Å²) in [7, 11) is 1.66. The first-order valence-electron chi connectivity index (χ1n) is 10.9. The molecule has 0 unspecified atom stereocenters. The van der Waals surface area contributed by atoms with Crippen LogP contribution in [0.1, 0.15) is 65.2 Å². The molecule has 1 amide bonds. The number of likely N-dealkylation sites (N-methyl/N-ethyl adjacent to an activating group) is 1. The normalized spacial score (nSPS) is 15.4. The Morgan fingerprint density at radius 3 is 2.47 bits per heavy atom. The second-order valence-corrected chi connectivity index (χ2v) is 8.08. The smallest absolute Gasteiger partial charge is 0.330 e. The van der Waals surface area contributed by atoms with Crippen LogP contribution in [-0.2, 0) is 11.3 Å². The Morgan fingerprint density at radius 2 is 1.90 bits per heavy atom. The van der Waals surface area contributed by atoms with E-state index in [0.717, 1.165) is 32.1 Å². The number of amides is 1. The van der Waals surface area contributed by atoms with Crippen molar-refractivity contribution < 1.29 is 4.79 Å². The number of hydrogen-bond acceptors (Lipinski definition) is 6. The summed E-state index contributed by atoms with van der Waals surface area (Å²) in [5.41, 5.74) is 4.43. The van der Waals surface area contributed by atoms with E-state index in [-0.39, 0.29) is 24.0 Å². The summed E-state index contributed by atoms with van der Waals surface area (Å²) < 4.78 is 1.36. The summed E-state index contributed by atoms with van der Waals surface area (Å²) >= 11 is 0. The number of rotatable bonds is 9. The van der Waals surface area contributed by atoms with Crippen molar-refractivity contribution in [3.05, 3.63) is 20.8 Å². The van der Waals surface area contributed by atoms with Crippen LogP contribution in [0.4, 0.5) is 11.5 Å². The molecule has 1 fully saturated rings. The van der Waals surface area contributed by atoms with Gasteiger partial charge in [-0.1, -0.05) is 39.5 Å². The number of unbranched alkanes of at least 4 members (excludes halogenated alkanes) is 1. The van der Waals surface area contributed by atoms with Crippen molar-refractivity contribution in [1.29, 1.82) is 5.26 Å². The fraction of sp³-hybridized carbons (Fsp3) is 0.714. The molecule has 0 aliphatic heterocycles. The van der Waals surface area contributed by atoms with Crippen molar-refractivity contribution in [3.63, 3.8) is 0 Å². The molecule has 9 nitrogen and oxygen atoms in total. The number of nitrogens with zero attached hydrogens (tertiary/aromatic N) is 4. The van der Waals surface area contributed by atoms with E-state index in [2.05, 4.69) is 11.1 Å². The molecule has 1 aromatic heterocycles. The summed E-state index contributed by atoms with van der Waals surface area (Å²) in [5, 5.41) is 9.78. The number of hydrogen-bond donors (Lipinski definition) is 2. The van der Waals surface area contributed by atoms with E-state index in [0.29, 0.717) is 32.4 Å². The van der Waals surface area contributed by atoms with Gasteiger partial charge in [0.15, 0.2) is 0 Å². The molecule has 0 spiro atoms. The molecule has 9 heteroatoms. The van der Waals surface area contributed by atoms with E-state index >= 15 is 0 Å². The molecule has 1 aliphatic rings. The monoisotopic (exact) mass is 418 g/mol. The van der Waals surface area contributed by atoms with E-state index < -0.39 is 16.8 Å². The topological polar surface area (TPSA) is 128 Å². The number of carbonyl (C=O) groups is 1. The first-order chi connectivity index (χ1) is 14.3. The minimum absolute atomic E-state index is 0.0764. The lowest BCUT2D eigenvalue weighted by molar-refractivity contribution is -0.133. The number of aromatic nitrogens is 2. The van der Waals surface area contributed by atoms with Crippen LogP contribution in [0.25, 0.3) is 0 Å². The number of nitriles is 1. The third kappa shape index (κ3) is 4.86. The average Bonchev–Trinajstić information content (AvgIpc) is 2.73. The Morgan fingerprint density at radius 1 is 1.23 bits per heavy atom. The quantitative estimate of drug-likeness (QED) is 0.629. The van der Waals surface area contributed by atoms with Gasteiger partial charge in [-0.15, -0.1) is 0 Å². The number of nitrogen functional groups attached to an aromatic ring is 1. The van der Waals surface area contributed by atoms with E-state index in [1.54, 1.807) is 11.9 Å². The molecule has 0 aromatic carbocycles. The molecule has 166 valence electrons. The Bertz CT molecular complexity index is 891. The number of nitrogens with one attached hydrogen (secondary N) is 1. The zero-order valence-electron chi connectivity index (χ0n) is 18.4. The highest BCUT2D eigenvalue weighted by molar-refractivity contribution is 5.83. The molecule has 0 bridgehead atoms. The summed E-state index contributed by atoms with van der Waals surface area (Å²) in [6.07, 6.45) is 6.52. The Balaban J connectivity index is 2.36. The maximum absolute atomic E-state index is 13.1. The van der Waals surface area contributed by atoms with Crippen molar-refractivity contribution in [2.45, 2.75) is 77.3 Å². The van der Waals surface area contributed by atoms with Gasteiger partial charge in [-0.25, -0.2) is 4.79 Å². The maximum Gasteiger partial charge on any atom is 0.330 e. The second kappa shape index (κ2) is 10.3. The van der Waals surface area contributed by atoms with Crippen molar-refractivity contribution in [2.24, 2.45) is 0 Å². The van der Waals surface area contributed by atoms with Crippen LogP contribution in [-0.4, -0.2) is 46.0 Å². The van der Waals surface area contributed by atoms with Gasteiger partial charge in [0, 0.05) is 20.1 Å². The van der Waals surface area contributed by atoms with Crippen molar-refractivity contribution in [3.8, 4) is 6.07 Å². The average molecular weight is 419 g/mol. The minimum atomic E-state index is -0.801. The summed E-state index contributed by atoms with van der Waals surface area (Å²) in [6.45, 7) is 4.69. The molecule has 0 radical (unpaired) electrons. The lowest BCUT2D eigenvalue weighted by atomic mass is 9.81. The van der Waals surface area contributed by atoms with Gasteiger partial charge in [0.2, 0.25) is 5.91 Å². The van der Waals surface area contributed by atoms with Crippen LogP contribution in [0.5, 0.6) is 0 Å². The van der Waals surface area contributed by atoms with Gasteiger partial charge in [-0.2, -0.15) is 5.26 Å². The zero-order valence-corrected chi connectivity index (χ0v) is 18.4. The molecule has 1 aromatic rings. The molecule has 1 heterocycles. The molecule has 3 N–H and O–H groups in total. The number of carbonyl (C=O) groups excluding carboxylic acids is 1. The van der Waals surface area contributed by atoms with Gasteiger partial charge in [0.25, 0.3) is 5.56 Å². The van der Waals surface area contributed by atoms with Crippen LogP contribution < -0.4 is 21.9 Å². The van der Waals surface area contributed by atoms with Crippen molar-refractivity contribution in [2.75, 3.05) is 30.8 Å². The lowest BCUT2D eigenvalue weighted by Gasteiger charge is -2.40. The van der Waals surface area contributed by atoms with Crippen molar-refractivity contribution in [1.82, 2.24) is 14.5 Å². The summed E-state index contributed by atoms with van der Waals surface area (Å²) in [6, 6.07) is 2.35. The van der Waals surface area contributed by atoms with Crippen LogP contribution in [0.15, 0.2) is 9.59 Å². The van der Waals surface area contributed by atoms with Crippen LogP contribution in [0, 0.1) is 11.3 Å². The van der Waals surface area contributed by atoms with E-state index in [1.165, 1.54) is 9.47 Å². The third-order valence-corrected chi connectivity index (χ3v) is 5.99. The summed E-state index contributed by atoms with van der Waals surface area (Å²) in [4.78, 5) is 43.4. The first kappa shape index (κ1) is 23.5. The highest BCUT2D eigenvalue weighted by Gasteiger charge is 2.39. The largest absolute Gasteiger partial charge is 0.383 e. The van der Waals surface area contributed by atoms with Crippen LogP contribution >= 0.6 is 0 Å². The SMILES string of the molecule is CCCCn1c(N)c(N(CCC)CC(=O)N(C)C2(C#N)CCCCC2)c(=O)[nH]c1=O. The third-order valence-electron chi connectivity index (χ3n) is 5.99. The maximum atomic E-state index is 13.1. The highest BCUT2D eigenvalue weighted by Crippen LogP contribution is 2.32. The van der Waals surface area contributed by atoms with Gasteiger partial charge in [0.1, 0.15) is 17.0 Å². The number of H-pyrrole nitrogens is 1. The predicted octanol–water partition coefficient (Wildman–Crippen LogP) is 1.82. The second-order valence-electron chi connectivity index (χ2n) is 8.08. The fourth-order valence-corrected chi connectivity index (χ4v) is 4.13. The molecule has 1 aliphatic carbocycles. The molecular weight excluding hydrogens is 384 g/mol. The van der Waals surface area contributed by atoms with E-state index in [9.17, 15) is 19.6 Å². The van der Waals surface area contributed by atoms with Crippen molar-refractivity contribution >= 4 is 17.4 Å². The number of aromatic amines is 1. The van der Waals surface area contributed by atoms with Gasteiger partial charge in [-0.3, -0.25) is 19.1 Å². The van der Waals surface area contributed by atoms with Gasteiger partial charge < -0.3 is 15.5 Å². The minimum Gasteiger partial charge on any atom is -0.383 e. The summed E-state index contributed by atoms with van der Waals surface area (Å²) in [5.74, 6) is -0.161. The number of nitrogens with two attached hydrogens (primary N) is 1. The Hall–Kier alpha value is -2.76. The van der Waals surface area contributed by atoms with Crippen LogP contribution in [0.3, 0.4) is 0 Å². The highest BCUT2D eigenvalue weighted by atomic mass is 16.2. The molecular formula is C21H34N6O3. The molecule has 0 saturated heterocycles. The Labute approximate surface area is 177 Å². The first-order valence-corrected chi connectivity index (χ1v) is 10.9. The number of anilines is 2. The van der Waals surface area contributed by atoms with Gasteiger partial charge >= 0.3 is 5.69 Å². The molecule has 1 saturated carbocycles. The van der Waals surface area contributed by atoms with E-state index in [4.69, 9.17) is 5.73 Å². The molecule has 0 atom stereocenters.